The van der Waals surface area contributed by atoms with Gasteiger partial charge in [-0.2, -0.15) is 10.4 Å². The quantitative estimate of drug-likeness (QED) is 0.483. The lowest BCUT2D eigenvalue weighted by molar-refractivity contribution is -0.138. The maximum atomic E-state index is 13.5. The fourth-order valence-corrected chi connectivity index (χ4v) is 3.39. The van der Waals surface area contributed by atoms with Crippen LogP contribution in [0.15, 0.2) is 77.5 Å². The van der Waals surface area contributed by atoms with Gasteiger partial charge >= 0.3 is 0 Å². The van der Waals surface area contributed by atoms with E-state index in [1.165, 1.54) is 19.2 Å². The second kappa shape index (κ2) is 7.84. The summed E-state index contributed by atoms with van der Waals surface area (Å²) in [5.41, 5.74) is 3.07. The molecule has 0 saturated heterocycles. The summed E-state index contributed by atoms with van der Waals surface area (Å²) in [4.78, 5) is 26.0. The van der Waals surface area contributed by atoms with Gasteiger partial charge in [-0.3, -0.25) is 14.5 Å². The van der Waals surface area contributed by atoms with Crippen molar-refractivity contribution in [1.82, 2.24) is 14.7 Å². The molecule has 0 N–H and O–H groups in total. The van der Waals surface area contributed by atoms with Gasteiger partial charge in [0, 0.05) is 29.9 Å². The number of aromatic nitrogens is 2. The van der Waals surface area contributed by atoms with Crippen LogP contribution in [0.5, 0.6) is 0 Å². The number of nitrogens with zero attached hydrogens (tertiary/aromatic N) is 4. The molecule has 0 spiro atoms. The fraction of sp³-hybridized carbons (Fsp3) is 0.0833. The normalized spacial score (nSPS) is 15.5. The lowest BCUT2D eigenvalue weighted by atomic mass is 9.93. The van der Waals surface area contributed by atoms with Crippen LogP contribution in [-0.2, 0) is 9.59 Å². The molecule has 0 aliphatic carbocycles. The molecule has 6 nitrogen and oxygen atoms in total. The Morgan fingerprint density at radius 2 is 1.71 bits per heavy atom. The fourth-order valence-electron chi connectivity index (χ4n) is 3.39. The second-order valence-corrected chi connectivity index (χ2v) is 7.06. The average Bonchev–Trinajstić information content (AvgIpc) is 3.21. The maximum Gasteiger partial charge on any atom is 0.271 e. The molecule has 0 unspecified atom stereocenters. The van der Waals surface area contributed by atoms with Gasteiger partial charge in [-0.05, 0) is 55.0 Å². The van der Waals surface area contributed by atoms with Crippen LogP contribution in [0.4, 0.5) is 4.39 Å². The first-order chi connectivity index (χ1) is 14.9. The molecule has 0 bridgehead atoms. The van der Waals surface area contributed by atoms with Crippen LogP contribution >= 0.6 is 0 Å². The molecular formula is C24H17FN4O2. The van der Waals surface area contributed by atoms with E-state index in [2.05, 4.69) is 5.10 Å². The van der Waals surface area contributed by atoms with E-state index in [0.717, 1.165) is 10.6 Å². The average molecular weight is 412 g/mol. The van der Waals surface area contributed by atoms with Crippen LogP contribution in [0, 0.1) is 17.1 Å². The molecule has 0 atom stereocenters. The van der Waals surface area contributed by atoms with E-state index in [4.69, 9.17) is 0 Å². The number of likely N-dealkylation sites (N-methyl/N-ethyl adjacent to an activating group) is 1. The van der Waals surface area contributed by atoms with E-state index in [0.29, 0.717) is 22.4 Å². The third-order valence-corrected chi connectivity index (χ3v) is 5.13. The topological polar surface area (TPSA) is 79.0 Å². The molecule has 1 aliphatic rings. The number of hydrogen-bond acceptors (Lipinski definition) is 4. The SMILES string of the molecule is CC1=C(C#N)C(=O)N(C)C(=O)/C1=C/c1cn(-c2ccccc2)nc1-c1ccc(F)cc1. The van der Waals surface area contributed by atoms with E-state index < -0.39 is 11.8 Å². The van der Waals surface area contributed by atoms with Gasteiger partial charge in [-0.15, -0.1) is 0 Å². The first-order valence-electron chi connectivity index (χ1n) is 9.47. The minimum atomic E-state index is -0.624. The molecule has 1 aromatic heterocycles. The van der Waals surface area contributed by atoms with Gasteiger partial charge < -0.3 is 0 Å². The number of halogens is 1. The molecule has 152 valence electrons. The zero-order valence-corrected chi connectivity index (χ0v) is 16.8. The Labute approximate surface area is 178 Å². The first kappa shape index (κ1) is 20.0. The Kier molecular flexibility index (Phi) is 5.05. The Morgan fingerprint density at radius 3 is 2.35 bits per heavy atom. The van der Waals surface area contributed by atoms with Crippen molar-refractivity contribution < 1.29 is 14.0 Å². The first-order valence-corrected chi connectivity index (χ1v) is 9.47. The number of hydrogen-bond donors (Lipinski definition) is 0. The monoisotopic (exact) mass is 412 g/mol. The number of nitriles is 1. The highest BCUT2D eigenvalue weighted by atomic mass is 19.1. The highest BCUT2D eigenvalue weighted by Gasteiger charge is 2.33. The molecule has 31 heavy (non-hydrogen) atoms. The molecule has 1 aliphatic heterocycles. The van der Waals surface area contributed by atoms with Crippen LogP contribution in [0.1, 0.15) is 12.5 Å². The number of carbonyl (C=O) groups excluding carboxylic acids is 2. The van der Waals surface area contributed by atoms with Crippen molar-refractivity contribution in [1.29, 1.82) is 5.26 Å². The van der Waals surface area contributed by atoms with Gasteiger partial charge in [0.2, 0.25) is 0 Å². The van der Waals surface area contributed by atoms with Crippen LogP contribution in [0.25, 0.3) is 23.0 Å². The van der Waals surface area contributed by atoms with Crippen LogP contribution in [-0.4, -0.2) is 33.5 Å². The van der Waals surface area contributed by atoms with E-state index in [-0.39, 0.29) is 17.0 Å². The van der Waals surface area contributed by atoms with Gasteiger partial charge in [0.1, 0.15) is 17.5 Å². The van der Waals surface area contributed by atoms with E-state index in [1.807, 2.05) is 36.4 Å². The standard InChI is InChI=1S/C24H17FN4O2/c1-15-20(23(30)28(2)24(31)21(15)13-26)12-17-14-29(19-6-4-3-5-7-19)27-22(17)16-8-10-18(25)11-9-16/h3-12,14H,1-2H3/b20-12+. The molecule has 2 aromatic carbocycles. The van der Waals surface area contributed by atoms with Crippen molar-refractivity contribution in [2.45, 2.75) is 6.92 Å². The lowest BCUT2D eigenvalue weighted by Crippen LogP contribution is -2.39. The number of carbonyl (C=O) groups is 2. The second-order valence-electron chi connectivity index (χ2n) is 7.06. The van der Waals surface area contributed by atoms with Crippen molar-refractivity contribution >= 4 is 17.9 Å². The zero-order chi connectivity index (χ0) is 22.1. The largest absolute Gasteiger partial charge is 0.277 e. The van der Waals surface area contributed by atoms with Crippen molar-refractivity contribution in [3.63, 3.8) is 0 Å². The Hall–Kier alpha value is -4.31. The third-order valence-electron chi connectivity index (χ3n) is 5.13. The van der Waals surface area contributed by atoms with E-state index in [1.54, 1.807) is 36.0 Å². The lowest BCUT2D eigenvalue weighted by Gasteiger charge is -2.23. The van der Waals surface area contributed by atoms with Gasteiger partial charge in [0.15, 0.2) is 0 Å². The number of para-hydroxylation sites is 1. The van der Waals surface area contributed by atoms with Gasteiger partial charge in [0.05, 0.1) is 11.4 Å². The van der Waals surface area contributed by atoms with E-state index in [9.17, 15) is 19.2 Å². The summed E-state index contributed by atoms with van der Waals surface area (Å²) in [6, 6.07) is 17.2. The van der Waals surface area contributed by atoms with Gasteiger partial charge in [-0.25, -0.2) is 9.07 Å². The Balaban J connectivity index is 1.93. The zero-order valence-electron chi connectivity index (χ0n) is 16.8. The Bertz CT molecular complexity index is 1300. The van der Waals surface area contributed by atoms with Crippen molar-refractivity contribution in [3.8, 4) is 23.0 Å². The summed E-state index contributed by atoms with van der Waals surface area (Å²) >= 11 is 0. The summed E-state index contributed by atoms with van der Waals surface area (Å²) in [6.07, 6.45) is 3.37. The Morgan fingerprint density at radius 1 is 1.03 bits per heavy atom. The summed E-state index contributed by atoms with van der Waals surface area (Å²) < 4.78 is 15.1. The van der Waals surface area contributed by atoms with Crippen LogP contribution in [0.3, 0.4) is 0 Å². The van der Waals surface area contributed by atoms with Crippen LogP contribution in [0.2, 0.25) is 0 Å². The van der Waals surface area contributed by atoms with Crippen molar-refractivity contribution in [2.75, 3.05) is 7.05 Å². The predicted molar refractivity (Wildman–Crippen MR) is 113 cm³/mol. The number of amides is 2. The highest BCUT2D eigenvalue weighted by molar-refractivity contribution is 6.19. The summed E-state index contributed by atoms with van der Waals surface area (Å²) in [7, 11) is 1.34. The predicted octanol–water partition coefficient (Wildman–Crippen LogP) is 3.90. The molecule has 4 rings (SSSR count). The number of imide groups is 1. The molecular weight excluding hydrogens is 395 g/mol. The van der Waals surface area contributed by atoms with Crippen molar-refractivity contribution in [2.24, 2.45) is 0 Å². The number of rotatable bonds is 3. The van der Waals surface area contributed by atoms with E-state index >= 15 is 0 Å². The molecule has 0 radical (unpaired) electrons. The molecule has 3 aromatic rings. The molecule has 0 saturated carbocycles. The minimum Gasteiger partial charge on any atom is -0.277 e. The molecule has 2 amide bonds. The molecule has 7 heteroatoms. The molecule has 0 fully saturated rings. The minimum absolute atomic E-state index is 0.0767. The van der Waals surface area contributed by atoms with Crippen LogP contribution < -0.4 is 0 Å². The maximum absolute atomic E-state index is 13.5. The summed E-state index contributed by atoms with van der Waals surface area (Å²) in [5.74, 6) is -1.49. The smallest absolute Gasteiger partial charge is 0.271 e. The summed E-state index contributed by atoms with van der Waals surface area (Å²) in [5, 5.41) is 14.0. The third kappa shape index (κ3) is 3.55. The van der Waals surface area contributed by atoms with Gasteiger partial charge in [0.25, 0.3) is 11.8 Å². The highest BCUT2D eigenvalue weighted by Crippen LogP contribution is 2.30. The number of benzene rings is 2. The summed E-state index contributed by atoms with van der Waals surface area (Å²) in [6.45, 7) is 1.58. The van der Waals surface area contributed by atoms with Crippen molar-refractivity contribution in [3.05, 3.63) is 88.9 Å². The van der Waals surface area contributed by atoms with Gasteiger partial charge in [-0.1, -0.05) is 18.2 Å². The molecule has 2 heterocycles.